The van der Waals surface area contributed by atoms with Crippen LogP contribution in [0.5, 0.6) is 17.2 Å². The van der Waals surface area contributed by atoms with Crippen LogP contribution in [0.25, 0.3) is 0 Å². The number of hydrogen-bond acceptors (Lipinski definition) is 5. The number of methoxy groups -OCH3 is 1. The van der Waals surface area contributed by atoms with Gasteiger partial charge in [-0.3, -0.25) is 14.9 Å². The van der Waals surface area contributed by atoms with Gasteiger partial charge in [0.1, 0.15) is 12.0 Å². The lowest BCUT2D eigenvalue weighted by Gasteiger charge is -2.12. The fourth-order valence-electron chi connectivity index (χ4n) is 1.78. The van der Waals surface area contributed by atoms with E-state index in [1.807, 2.05) is 6.92 Å². The molecule has 0 heterocycles. The molecular formula is C15H13NO5. The fraction of sp³-hybridized carbons (Fsp3) is 0.133. The van der Waals surface area contributed by atoms with Crippen molar-refractivity contribution in [3.63, 3.8) is 0 Å². The second-order valence-corrected chi connectivity index (χ2v) is 4.34. The van der Waals surface area contributed by atoms with Crippen molar-refractivity contribution in [2.45, 2.75) is 6.92 Å². The molecule has 21 heavy (non-hydrogen) atoms. The Labute approximate surface area is 121 Å². The van der Waals surface area contributed by atoms with Crippen molar-refractivity contribution >= 4 is 12.0 Å². The number of nitrogens with zero attached hydrogens (tertiary/aromatic N) is 1. The van der Waals surface area contributed by atoms with Crippen molar-refractivity contribution in [2.75, 3.05) is 7.11 Å². The molecule has 6 nitrogen and oxygen atoms in total. The zero-order valence-electron chi connectivity index (χ0n) is 11.5. The van der Waals surface area contributed by atoms with E-state index in [9.17, 15) is 14.9 Å². The van der Waals surface area contributed by atoms with Crippen LogP contribution in [0.1, 0.15) is 15.9 Å². The highest BCUT2D eigenvalue weighted by molar-refractivity contribution is 5.76. The lowest BCUT2D eigenvalue weighted by molar-refractivity contribution is -0.384. The first kappa shape index (κ1) is 14.5. The minimum Gasteiger partial charge on any atom is -0.493 e. The fourth-order valence-corrected chi connectivity index (χ4v) is 1.78. The van der Waals surface area contributed by atoms with E-state index in [0.717, 1.165) is 5.56 Å². The predicted octanol–water partition coefficient (Wildman–Crippen LogP) is 3.52. The number of non-ortho nitro benzene ring substituents is 1. The molecule has 108 valence electrons. The molecule has 0 aliphatic heterocycles. The molecule has 0 radical (unpaired) electrons. The Bertz CT molecular complexity index is 696. The average molecular weight is 287 g/mol. The maximum atomic E-state index is 10.8. The van der Waals surface area contributed by atoms with Crippen LogP contribution in [-0.2, 0) is 0 Å². The molecule has 2 aromatic carbocycles. The molecule has 6 heteroatoms. The van der Waals surface area contributed by atoms with E-state index in [-0.39, 0.29) is 11.4 Å². The smallest absolute Gasteiger partial charge is 0.273 e. The minimum atomic E-state index is -0.513. The molecular weight excluding hydrogens is 274 g/mol. The van der Waals surface area contributed by atoms with Crippen molar-refractivity contribution in [3.05, 3.63) is 57.6 Å². The number of nitro groups is 1. The highest BCUT2D eigenvalue weighted by atomic mass is 16.6. The molecule has 2 rings (SSSR count). The summed E-state index contributed by atoms with van der Waals surface area (Å²) in [5.74, 6) is 1.03. The summed E-state index contributed by atoms with van der Waals surface area (Å²) in [6.07, 6.45) is 0.705. The van der Waals surface area contributed by atoms with Crippen LogP contribution in [0.15, 0.2) is 36.4 Å². The van der Waals surface area contributed by atoms with Gasteiger partial charge in [0.15, 0.2) is 11.5 Å². The maximum absolute atomic E-state index is 10.8. The number of aldehydes is 1. The van der Waals surface area contributed by atoms with Gasteiger partial charge in [-0.05, 0) is 24.6 Å². The van der Waals surface area contributed by atoms with Crippen LogP contribution in [0.2, 0.25) is 0 Å². The second kappa shape index (κ2) is 6.04. The van der Waals surface area contributed by atoms with E-state index >= 15 is 0 Å². The molecule has 0 spiro atoms. The number of nitro benzene ring substituents is 1. The van der Waals surface area contributed by atoms with Gasteiger partial charge in [-0.1, -0.05) is 12.1 Å². The Balaban J connectivity index is 2.44. The van der Waals surface area contributed by atoms with Gasteiger partial charge >= 0.3 is 0 Å². The standard InChI is InChI=1S/C15H13NO5/c1-10-3-4-11(9-17)7-14(10)21-15-8-12(16(18)19)5-6-13(15)20-2/h3-9H,1-2H3. The quantitative estimate of drug-likeness (QED) is 0.477. The van der Waals surface area contributed by atoms with Gasteiger partial charge in [0.2, 0.25) is 0 Å². The lowest BCUT2D eigenvalue weighted by Crippen LogP contribution is -1.95. The van der Waals surface area contributed by atoms with E-state index in [4.69, 9.17) is 9.47 Å². The molecule has 0 fully saturated rings. The van der Waals surface area contributed by atoms with Crippen molar-refractivity contribution in [3.8, 4) is 17.2 Å². The van der Waals surface area contributed by atoms with Crippen LogP contribution in [-0.4, -0.2) is 18.3 Å². The van der Waals surface area contributed by atoms with Gasteiger partial charge in [0, 0.05) is 11.6 Å². The van der Waals surface area contributed by atoms with E-state index in [1.54, 1.807) is 18.2 Å². The summed E-state index contributed by atoms with van der Waals surface area (Å²) in [4.78, 5) is 21.1. The molecule has 2 aromatic rings. The Morgan fingerprint density at radius 3 is 2.48 bits per heavy atom. The Hall–Kier alpha value is -2.89. The summed E-state index contributed by atoms with van der Waals surface area (Å²) in [7, 11) is 1.45. The summed E-state index contributed by atoms with van der Waals surface area (Å²) in [5.41, 5.74) is 1.16. The predicted molar refractivity (Wildman–Crippen MR) is 76.3 cm³/mol. The molecule has 0 aromatic heterocycles. The number of aryl methyl sites for hydroxylation is 1. The van der Waals surface area contributed by atoms with Crippen LogP contribution < -0.4 is 9.47 Å². The van der Waals surface area contributed by atoms with E-state index in [2.05, 4.69) is 0 Å². The summed E-state index contributed by atoms with van der Waals surface area (Å²) in [5, 5.41) is 10.8. The Morgan fingerprint density at radius 1 is 1.10 bits per heavy atom. The van der Waals surface area contributed by atoms with Crippen LogP contribution >= 0.6 is 0 Å². The van der Waals surface area contributed by atoms with Crippen molar-refractivity contribution in [1.29, 1.82) is 0 Å². The number of benzene rings is 2. The molecule has 0 saturated heterocycles. The first-order valence-corrected chi connectivity index (χ1v) is 6.11. The second-order valence-electron chi connectivity index (χ2n) is 4.34. The Kier molecular flexibility index (Phi) is 4.18. The van der Waals surface area contributed by atoms with Crippen molar-refractivity contribution < 1.29 is 19.2 Å². The van der Waals surface area contributed by atoms with Gasteiger partial charge in [-0.25, -0.2) is 0 Å². The molecule has 0 saturated carbocycles. The van der Waals surface area contributed by atoms with Crippen LogP contribution in [0, 0.1) is 17.0 Å². The third kappa shape index (κ3) is 3.17. The molecule has 0 unspecified atom stereocenters. The Morgan fingerprint density at radius 2 is 1.86 bits per heavy atom. The molecule has 0 N–H and O–H groups in total. The number of ether oxygens (including phenoxy) is 2. The summed E-state index contributed by atoms with van der Waals surface area (Å²) >= 11 is 0. The molecule has 0 amide bonds. The van der Waals surface area contributed by atoms with Crippen LogP contribution in [0.4, 0.5) is 5.69 Å². The van der Waals surface area contributed by atoms with Crippen molar-refractivity contribution in [2.24, 2.45) is 0 Å². The van der Waals surface area contributed by atoms with Crippen LogP contribution in [0.3, 0.4) is 0 Å². The molecule has 0 bridgehead atoms. The largest absolute Gasteiger partial charge is 0.493 e. The van der Waals surface area contributed by atoms with Gasteiger partial charge in [0.05, 0.1) is 18.1 Å². The average Bonchev–Trinajstić information content (AvgIpc) is 2.49. The van der Waals surface area contributed by atoms with E-state index in [1.165, 1.54) is 25.3 Å². The van der Waals surface area contributed by atoms with Gasteiger partial charge in [-0.2, -0.15) is 0 Å². The van der Waals surface area contributed by atoms with E-state index in [0.29, 0.717) is 23.3 Å². The zero-order chi connectivity index (χ0) is 15.4. The highest BCUT2D eigenvalue weighted by Gasteiger charge is 2.14. The normalized spacial score (nSPS) is 10.0. The monoisotopic (exact) mass is 287 g/mol. The molecule has 0 aliphatic rings. The number of rotatable bonds is 5. The summed E-state index contributed by atoms with van der Waals surface area (Å²) in [6, 6.07) is 9.06. The highest BCUT2D eigenvalue weighted by Crippen LogP contribution is 2.36. The first-order valence-electron chi connectivity index (χ1n) is 6.11. The number of carbonyl (C=O) groups excluding carboxylic acids is 1. The number of carbonyl (C=O) groups is 1. The van der Waals surface area contributed by atoms with Gasteiger partial charge < -0.3 is 9.47 Å². The van der Waals surface area contributed by atoms with E-state index < -0.39 is 4.92 Å². The van der Waals surface area contributed by atoms with Crippen molar-refractivity contribution in [1.82, 2.24) is 0 Å². The maximum Gasteiger partial charge on any atom is 0.273 e. The minimum absolute atomic E-state index is 0.102. The molecule has 0 aliphatic carbocycles. The first-order chi connectivity index (χ1) is 10.0. The SMILES string of the molecule is COc1ccc([N+](=O)[O-])cc1Oc1cc(C=O)ccc1C. The summed E-state index contributed by atoms with van der Waals surface area (Å²) in [6.45, 7) is 1.81. The van der Waals surface area contributed by atoms with Gasteiger partial charge in [-0.15, -0.1) is 0 Å². The zero-order valence-corrected chi connectivity index (χ0v) is 11.5. The topological polar surface area (TPSA) is 78.7 Å². The van der Waals surface area contributed by atoms with Gasteiger partial charge in [0.25, 0.3) is 5.69 Å². The third-order valence-corrected chi connectivity index (χ3v) is 2.93. The molecule has 0 atom stereocenters. The summed E-state index contributed by atoms with van der Waals surface area (Å²) < 4.78 is 10.8. The third-order valence-electron chi connectivity index (χ3n) is 2.93. The number of hydrogen-bond donors (Lipinski definition) is 0. The lowest BCUT2D eigenvalue weighted by atomic mass is 10.1.